The van der Waals surface area contributed by atoms with Gasteiger partial charge in [0.2, 0.25) is 5.91 Å². The number of anilines is 1. The summed E-state index contributed by atoms with van der Waals surface area (Å²) >= 11 is 0. The molecule has 1 amide bonds. The van der Waals surface area contributed by atoms with E-state index in [1.54, 1.807) is 18.0 Å². The summed E-state index contributed by atoms with van der Waals surface area (Å²) in [5.41, 5.74) is 2.56. The summed E-state index contributed by atoms with van der Waals surface area (Å²) in [6, 6.07) is 10.6. The van der Waals surface area contributed by atoms with Crippen molar-refractivity contribution in [2.75, 3.05) is 11.9 Å². The lowest BCUT2D eigenvalue weighted by atomic mass is 10.1. The number of carbonyl (C=O) groups is 2. The predicted molar refractivity (Wildman–Crippen MR) is 75.7 cm³/mol. The quantitative estimate of drug-likeness (QED) is 0.929. The lowest BCUT2D eigenvalue weighted by Gasteiger charge is -2.15. The first-order valence-electron chi connectivity index (χ1n) is 6.03. The van der Waals surface area contributed by atoms with Crippen LogP contribution in [0.5, 0.6) is 0 Å². The van der Waals surface area contributed by atoms with Crippen LogP contribution in [0.15, 0.2) is 42.6 Å². The molecule has 0 unspecified atom stereocenters. The first-order valence-corrected chi connectivity index (χ1v) is 6.03. The number of aromatic nitrogens is 1. The molecule has 0 atom stereocenters. The Labute approximate surface area is 116 Å². The van der Waals surface area contributed by atoms with Crippen LogP contribution in [0.3, 0.4) is 0 Å². The maximum atomic E-state index is 11.3. The zero-order chi connectivity index (χ0) is 14.7. The molecule has 0 aliphatic rings. The summed E-state index contributed by atoms with van der Waals surface area (Å²) in [5, 5.41) is 8.80. The molecule has 2 rings (SSSR count). The van der Waals surface area contributed by atoms with Crippen molar-refractivity contribution in [1.29, 1.82) is 0 Å². The first-order chi connectivity index (χ1) is 9.49. The molecule has 5 heteroatoms. The van der Waals surface area contributed by atoms with E-state index in [2.05, 4.69) is 4.98 Å². The van der Waals surface area contributed by atoms with Crippen molar-refractivity contribution in [3.63, 3.8) is 0 Å². The number of hydrogen-bond donors (Lipinski definition) is 1. The van der Waals surface area contributed by atoms with Crippen LogP contribution in [-0.2, 0) is 4.79 Å². The summed E-state index contributed by atoms with van der Waals surface area (Å²) in [5.74, 6) is -1.08. The molecule has 0 fully saturated rings. The highest BCUT2D eigenvalue weighted by Gasteiger charge is 2.07. The molecule has 0 bridgehead atoms. The molecule has 0 saturated heterocycles. The molecule has 0 aliphatic heterocycles. The summed E-state index contributed by atoms with van der Waals surface area (Å²) < 4.78 is 0. The van der Waals surface area contributed by atoms with Crippen molar-refractivity contribution in [1.82, 2.24) is 4.98 Å². The van der Waals surface area contributed by atoms with E-state index in [1.807, 2.05) is 24.3 Å². The van der Waals surface area contributed by atoms with Crippen LogP contribution in [0.1, 0.15) is 17.4 Å². The topological polar surface area (TPSA) is 70.5 Å². The van der Waals surface area contributed by atoms with E-state index >= 15 is 0 Å². The number of benzene rings is 1. The first kappa shape index (κ1) is 13.7. The summed E-state index contributed by atoms with van der Waals surface area (Å²) in [7, 11) is 1.71. The highest BCUT2D eigenvalue weighted by molar-refractivity contribution is 5.91. The molecule has 0 radical (unpaired) electrons. The molecule has 5 nitrogen and oxygen atoms in total. The van der Waals surface area contributed by atoms with Gasteiger partial charge in [0.15, 0.2) is 0 Å². The molecular weight excluding hydrogens is 256 g/mol. The van der Waals surface area contributed by atoms with E-state index in [1.165, 1.54) is 19.2 Å². The minimum absolute atomic E-state index is 0.0154. The van der Waals surface area contributed by atoms with Gasteiger partial charge < -0.3 is 10.0 Å². The van der Waals surface area contributed by atoms with Crippen molar-refractivity contribution < 1.29 is 14.7 Å². The van der Waals surface area contributed by atoms with Gasteiger partial charge in [-0.3, -0.25) is 4.79 Å². The maximum Gasteiger partial charge on any atom is 0.354 e. The van der Waals surface area contributed by atoms with Gasteiger partial charge in [-0.2, -0.15) is 0 Å². The van der Waals surface area contributed by atoms with Crippen LogP contribution < -0.4 is 4.90 Å². The van der Waals surface area contributed by atoms with Crippen molar-refractivity contribution in [3.05, 3.63) is 48.3 Å². The highest BCUT2D eigenvalue weighted by atomic mass is 16.4. The van der Waals surface area contributed by atoms with E-state index in [4.69, 9.17) is 5.11 Å². The Bertz CT molecular complexity index is 633. The average molecular weight is 270 g/mol. The monoisotopic (exact) mass is 270 g/mol. The fourth-order valence-corrected chi connectivity index (χ4v) is 1.75. The highest BCUT2D eigenvalue weighted by Crippen LogP contribution is 2.22. The van der Waals surface area contributed by atoms with Gasteiger partial charge in [0.05, 0.1) is 0 Å². The Morgan fingerprint density at radius 2 is 1.65 bits per heavy atom. The number of pyridine rings is 1. The van der Waals surface area contributed by atoms with Crippen LogP contribution in [0.25, 0.3) is 11.1 Å². The van der Waals surface area contributed by atoms with Gasteiger partial charge >= 0.3 is 5.97 Å². The Hall–Kier alpha value is -2.69. The Balaban J connectivity index is 2.25. The number of hydrogen-bond acceptors (Lipinski definition) is 3. The van der Waals surface area contributed by atoms with E-state index in [-0.39, 0.29) is 11.6 Å². The van der Waals surface area contributed by atoms with E-state index in [0.29, 0.717) is 0 Å². The molecule has 102 valence electrons. The Morgan fingerprint density at radius 1 is 1.05 bits per heavy atom. The number of amides is 1. The number of carbonyl (C=O) groups excluding carboxylic acids is 1. The second-order valence-corrected chi connectivity index (χ2v) is 4.36. The molecule has 1 N–H and O–H groups in total. The van der Waals surface area contributed by atoms with Crippen LogP contribution in [-0.4, -0.2) is 29.0 Å². The minimum Gasteiger partial charge on any atom is -0.477 e. The van der Waals surface area contributed by atoms with E-state index in [0.717, 1.165) is 16.8 Å². The molecule has 20 heavy (non-hydrogen) atoms. The number of carboxylic acid groups (broad SMARTS) is 1. The Morgan fingerprint density at radius 3 is 2.10 bits per heavy atom. The minimum atomic E-state index is -1.05. The number of aromatic carboxylic acids is 1. The van der Waals surface area contributed by atoms with Gasteiger partial charge in [-0.25, -0.2) is 9.78 Å². The van der Waals surface area contributed by atoms with Crippen LogP contribution in [0.4, 0.5) is 5.69 Å². The second-order valence-electron chi connectivity index (χ2n) is 4.36. The van der Waals surface area contributed by atoms with Gasteiger partial charge in [0.1, 0.15) is 5.69 Å². The standard InChI is InChI=1S/C15H14N2O3/c1-10(18)17(2)13-6-3-11(4-7-13)12-5-8-14(15(19)20)16-9-12/h3-9H,1-2H3,(H,19,20). The molecule has 1 heterocycles. The summed E-state index contributed by atoms with van der Waals surface area (Å²) in [4.78, 5) is 27.4. The third-order valence-corrected chi connectivity index (χ3v) is 3.04. The van der Waals surface area contributed by atoms with Crippen molar-refractivity contribution in [3.8, 4) is 11.1 Å². The third-order valence-electron chi connectivity index (χ3n) is 3.04. The number of nitrogens with zero attached hydrogens (tertiary/aromatic N) is 2. The third kappa shape index (κ3) is 2.83. The van der Waals surface area contributed by atoms with Crippen LogP contribution >= 0.6 is 0 Å². The van der Waals surface area contributed by atoms with Gasteiger partial charge in [-0.15, -0.1) is 0 Å². The summed E-state index contributed by atoms with van der Waals surface area (Å²) in [6.45, 7) is 1.50. The molecule has 0 aliphatic carbocycles. The molecule has 0 spiro atoms. The average Bonchev–Trinajstić information content (AvgIpc) is 2.46. The van der Waals surface area contributed by atoms with Gasteiger partial charge in [0.25, 0.3) is 0 Å². The maximum absolute atomic E-state index is 11.3. The van der Waals surface area contributed by atoms with Gasteiger partial charge in [0, 0.05) is 31.4 Å². The van der Waals surface area contributed by atoms with Gasteiger partial charge in [-0.1, -0.05) is 18.2 Å². The van der Waals surface area contributed by atoms with Crippen molar-refractivity contribution in [2.24, 2.45) is 0 Å². The van der Waals surface area contributed by atoms with Crippen LogP contribution in [0.2, 0.25) is 0 Å². The molecule has 0 saturated carbocycles. The van der Waals surface area contributed by atoms with Crippen molar-refractivity contribution >= 4 is 17.6 Å². The lowest BCUT2D eigenvalue weighted by Crippen LogP contribution is -2.22. The van der Waals surface area contributed by atoms with E-state index < -0.39 is 5.97 Å². The number of rotatable bonds is 3. The SMILES string of the molecule is CC(=O)N(C)c1ccc(-c2ccc(C(=O)O)nc2)cc1. The fourth-order valence-electron chi connectivity index (χ4n) is 1.75. The lowest BCUT2D eigenvalue weighted by molar-refractivity contribution is -0.116. The van der Waals surface area contributed by atoms with E-state index in [9.17, 15) is 9.59 Å². The summed E-state index contributed by atoms with van der Waals surface area (Å²) in [6.07, 6.45) is 1.52. The fraction of sp³-hybridized carbons (Fsp3) is 0.133. The molecule has 1 aromatic carbocycles. The zero-order valence-corrected chi connectivity index (χ0v) is 11.2. The van der Waals surface area contributed by atoms with Crippen molar-refractivity contribution in [2.45, 2.75) is 6.92 Å². The molecule has 1 aromatic heterocycles. The largest absolute Gasteiger partial charge is 0.477 e. The second kappa shape index (κ2) is 5.52. The normalized spacial score (nSPS) is 10.1. The zero-order valence-electron chi connectivity index (χ0n) is 11.2. The smallest absolute Gasteiger partial charge is 0.354 e. The Kier molecular flexibility index (Phi) is 3.79. The molecule has 2 aromatic rings. The molecular formula is C15H14N2O3. The number of carboxylic acids is 1. The van der Waals surface area contributed by atoms with Crippen LogP contribution in [0, 0.1) is 0 Å². The van der Waals surface area contributed by atoms with Gasteiger partial charge in [-0.05, 0) is 23.8 Å². The predicted octanol–water partition coefficient (Wildman–Crippen LogP) is 2.43.